The van der Waals surface area contributed by atoms with Crippen molar-refractivity contribution in [1.29, 1.82) is 0 Å². The average molecular weight is 261 g/mol. The van der Waals surface area contributed by atoms with Crippen LogP contribution >= 0.6 is 0 Å². The fourth-order valence-corrected chi connectivity index (χ4v) is 3.31. The molecule has 0 spiro atoms. The van der Waals surface area contributed by atoms with Crippen molar-refractivity contribution in [1.82, 2.24) is 9.80 Å². The molecule has 1 aromatic rings. The normalized spacial score (nSPS) is 22.7. The first-order valence-corrected chi connectivity index (χ1v) is 7.25. The number of benzene rings is 1. The van der Waals surface area contributed by atoms with Crippen LogP contribution < -0.4 is 5.73 Å². The van der Waals surface area contributed by atoms with E-state index in [-0.39, 0.29) is 0 Å². The maximum Gasteiger partial charge on any atom is 0.0382 e. The Kier molecular flexibility index (Phi) is 4.97. The lowest BCUT2D eigenvalue weighted by molar-refractivity contribution is 0.122. The molecule has 2 N–H and O–H groups in total. The molecule has 1 heterocycles. The van der Waals surface area contributed by atoms with Gasteiger partial charge in [-0.1, -0.05) is 24.3 Å². The minimum absolute atomic E-state index is 0.509. The Morgan fingerprint density at radius 3 is 2.53 bits per heavy atom. The number of rotatable bonds is 4. The van der Waals surface area contributed by atoms with Crippen molar-refractivity contribution in [2.24, 2.45) is 11.7 Å². The molecule has 0 bridgehead atoms. The van der Waals surface area contributed by atoms with Crippen LogP contribution in [0.1, 0.15) is 30.0 Å². The van der Waals surface area contributed by atoms with E-state index in [1.54, 1.807) is 0 Å². The van der Waals surface area contributed by atoms with Crippen molar-refractivity contribution in [2.75, 3.05) is 34.2 Å². The largest absolute Gasteiger partial charge is 0.326 e. The molecular formula is C16H27N3. The van der Waals surface area contributed by atoms with E-state index in [2.05, 4.69) is 55.2 Å². The quantitative estimate of drug-likeness (QED) is 0.901. The lowest BCUT2D eigenvalue weighted by Crippen LogP contribution is -2.39. The zero-order valence-electron chi connectivity index (χ0n) is 12.5. The van der Waals surface area contributed by atoms with E-state index in [1.807, 2.05) is 0 Å². The van der Waals surface area contributed by atoms with Crippen LogP contribution in [0.4, 0.5) is 0 Å². The van der Waals surface area contributed by atoms with E-state index in [0.29, 0.717) is 12.6 Å². The van der Waals surface area contributed by atoms with Gasteiger partial charge in [0, 0.05) is 19.1 Å². The van der Waals surface area contributed by atoms with Crippen LogP contribution in [0.5, 0.6) is 0 Å². The first-order valence-electron chi connectivity index (χ1n) is 7.25. The van der Waals surface area contributed by atoms with Crippen molar-refractivity contribution in [3.05, 3.63) is 35.4 Å². The van der Waals surface area contributed by atoms with Crippen molar-refractivity contribution in [2.45, 2.75) is 25.4 Å². The number of likely N-dealkylation sites (tertiary alicyclic amines) is 1. The van der Waals surface area contributed by atoms with Gasteiger partial charge in [-0.2, -0.15) is 0 Å². The van der Waals surface area contributed by atoms with Crippen molar-refractivity contribution >= 4 is 0 Å². The molecule has 106 valence electrons. The van der Waals surface area contributed by atoms with Gasteiger partial charge in [0.25, 0.3) is 0 Å². The summed E-state index contributed by atoms with van der Waals surface area (Å²) >= 11 is 0. The molecule has 3 nitrogen and oxygen atoms in total. The molecule has 0 aromatic heterocycles. The summed E-state index contributed by atoms with van der Waals surface area (Å²) < 4.78 is 0. The molecule has 1 saturated heterocycles. The summed E-state index contributed by atoms with van der Waals surface area (Å²) in [7, 11) is 6.61. The van der Waals surface area contributed by atoms with Gasteiger partial charge < -0.3 is 15.5 Å². The topological polar surface area (TPSA) is 32.5 Å². The highest BCUT2D eigenvalue weighted by molar-refractivity contribution is 5.25. The van der Waals surface area contributed by atoms with Crippen LogP contribution in [0, 0.1) is 5.92 Å². The molecule has 1 aliphatic heterocycles. The lowest BCUT2D eigenvalue weighted by atomic mass is 9.85. The molecule has 1 fully saturated rings. The third-order valence-electron chi connectivity index (χ3n) is 4.22. The van der Waals surface area contributed by atoms with E-state index in [9.17, 15) is 0 Å². The molecule has 0 amide bonds. The Balaban J connectivity index is 2.18. The molecular weight excluding hydrogens is 234 g/mol. The van der Waals surface area contributed by atoms with Crippen LogP contribution in [-0.2, 0) is 6.54 Å². The van der Waals surface area contributed by atoms with Gasteiger partial charge >= 0.3 is 0 Å². The lowest BCUT2D eigenvalue weighted by Gasteiger charge is -2.38. The zero-order valence-corrected chi connectivity index (χ0v) is 12.5. The second-order valence-electron chi connectivity index (χ2n) is 6.02. The summed E-state index contributed by atoms with van der Waals surface area (Å²) in [6.07, 6.45) is 2.64. The third kappa shape index (κ3) is 3.56. The van der Waals surface area contributed by atoms with Gasteiger partial charge in [0.15, 0.2) is 0 Å². The van der Waals surface area contributed by atoms with E-state index in [0.717, 1.165) is 5.92 Å². The number of piperidine rings is 1. The molecule has 19 heavy (non-hydrogen) atoms. The summed E-state index contributed by atoms with van der Waals surface area (Å²) in [4.78, 5) is 4.82. The molecule has 0 aliphatic carbocycles. The summed E-state index contributed by atoms with van der Waals surface area (Å²) in [5.74, 6) is 0.720. The minimum Gasteiger partial charge on any atom is -0.326 e. The zero-order chi connectivity index (χ0) is 13.8. The maximum atomic E-state index is 5.68. The fourth-order valence-electron chi connectivity index (χ4n) is 3.31. The Morgan fingerprint density at radius 2 is 2.00 bits per heavy atom. The summed E-state index contributed by atoms with van der Waals surface area (Å²) in [6.45, 7) is 3.06. The molecule has 2 rings (SSSR count). The van der Waals surface area contributed by atoms with Crippen LogP contribution in [-0.4, -0.2) is 44.0 Å². The van der Waals surface area contributed by atoms with Gasteiger partial charge in [0.1, 0.15) is 0 Å². The standard InChI is InChI=1S/C16H27N3/c1-18(2)16(15-5-4-10-19(3)12-15)14-8-6-13(11-17)7-9-14/h6-9,15-16H,4-5,10-12,17H2,1-3H3. The molecule has 0 saturated carbocycles. The smallest absolute Gasteiger partial charge is 0.0382 e. The van der Waals surface area contributed by atoms with Crippen LogP contribution in [0.2, 0.25) is 0 Å². The van der Waals surface area contributed by atoms with Crippen molar-refractivity contribution in [3.63, 3.8) is 0 Å². The summed E-state index contributed by atoms with van der Waals surface area (Å²) in [5, 5.41) is 0. The Bertz CT molecular complexity index is 385. The van der Waals surface area contributed by atoms with Gasteiger partial charge in [0.2, 0.25) is 0 Å². The monoisotopic (exact) mass is 261 g/mol. The maximum absolute atomic E-state index is 5.68. The van der Waals surface area contributed by atoms with E-state index in [4.69, 9.17) is 5.73 Å². The Hall–Kier alpha value is -0.900. The highest BCUT2D eigenvalue weighted by atomic mass is 15.1. The van der Waals surface area contributed by atoms with E-state index < -0.39 is 0 Å². The Morgan fingerprint density at radius 1 is 1.32 bits per heavy atom. The van der Waals surface area contributed by atoms with Gasteiger partial charge in [0.05, 0.1) is 0 Å². The van der Waals surface area contributed by atoms with Gasteiger partial charge in [-0.05, 0) is 57.6 Å². The number of hydrogen-bond donors (Lipinski definition) is 1. The molecule has 0 radical (unpaired) electrons. The predicted octanol–water partition coefficient (Wildman–Crippen LogP) is 2.09. The van der Waals surface area contributed by atoms with E-state index in [1.165, 1.54) is 37.1 Å². The summed E-state index contributed by atoms with van der Waals surface area (Å²) in [5.41, 5.74) is 8.31. The highest BCUT2D eigenvalue weighted by Gasteiger charge is 2.28. The first kappa shape index (κ1) is 14.5. The second kappa shape index (κ2) is 6.51. The Labute approximate surface area is 117 Å². The van der Waals surface area contributed by atoms with Crippen LogP contribution in [0.25, 0.3) is 0 Å². The molecule has 2 atom stereocenters. The number of nitrogens with two attached hydrogens (primary N) is 1. The molecule has 2 unspecified atom stereocenters. The summed E-state index contributed by atoms with van der Waals surface area (Å²) in [6, 6.07) is 9.34. The van der Waals surface area contributed by atoms with Crippen molar-refractivity contribution < 1.29 is 0 Å². The average Bonchev–Trinajstić information content (AvgIpc) is 2.39. The molecule has 1 aromatic carbocycles. The van der Waals surface area contributed by atoms with E-state index >= 15 is 0 Å². The number of hydrogen-bond acceptors (Lipinski definition) is 3. The second-order valence-corrected chi connectivity index (χ2v) is 6.02. The highest BCUT2D eigenvalue weighted by Crippen LogP contribution is 2.32. The number of nitrogens with zero attached hydrogens (tertiary/aromatic N) is 2. The van der Waals surface area contributed by atoms with Gasteiger partial charge in [-0.3, -0.25) is 0 Å². The van der Waals surface area contributed by atoms with Gasteiger partial charge in [-0.15, -0.1) is 0 Å². The first-order chi connectivity index (χ1) is 9.11. The fraction of sp³-hybridized carbons (Fsp3) is 0.625. The minimum atomic E-state index is 0.509. The predicted molar refractivity (Wildman–Crippen MR) is 81.0 cm³/mol. The van der Waals surface area contributed by atoms with Gasteiger partial charge in [-0.25, -0.2) is 0 Å². The van der Waals surface area contributed by atoms with Crippen LogP contribution in [0.3, 0.4) is 0 Å². The third-order valence-corrected chi connectivity index (χ3v) is 4.22. The molecule has 3 heteroatoms. The SMILES string of the molecule is CN1CCCC(C(c2ccc(CN)cc2)N(C)C)C1. The van der Waals surface area contributed by atoms with Crippen molar-refractivity contribution in [3.8, 4) is 0 Å². The van der Waals surface area contributed by atoms with Crippen LogP contribution in [0.15, 0.2) is 24.3 Å². The molecule has 1 aliphatic rings.